The van der Waals surface area contributed by atoms with Crippen molar-refractivity contribution < 1.29 is 19.1 Å². The molecule has 0 saturated heterocycles. The Kier molecular flexibility index (Phi) is 3.17. The average molecular weight is 184 g/mol. The van der Waals surface area contributed by atoms with Crippen molar-refractivity contribution in [3.8, 4) is 0 Å². The number of rotatable bonds is 3. The van der Waals surface area contributed by atoms with Gasteiger partial charge in [-0.05, 0) is 19.8 Å². The van der Waals surface area contributed by atoms with E-state index in [0.717, 1.165) is 0 Å². The molecule has 72 valence electrons. The van der Waals surface area contributed by atoms with Crippen LogP contribution in [0.25, 0.3) is 0 Å². The van der Waals surface area contributed by atoms with E-state index < -0.39 is 17.7 Å². The molecule has 0 aromatic heterocycles. The lowest BCUT2D eigenvalue weighted by Crippen LogP contribution is -2.28. The van der Waals surface area contributed by atoms with Crippen LogP contribution in [0, 0.1) is 5.92 Å². The molecule has 4 heteroatoms. The Morgan fingerprint density at radius 3 is 2.69 bits per heavy atom. The predicted molar refractivity (Wildman–Crippen MR) is 44.0 cm³/mol. The molecule has 0 heterocycles. The Labute approximate surface area is 76.3 Å². The zero-order chi connectivity index (χ0) is 9.84. The minimum absolute atomic E-state index is 0.127. The van der Waals surface area contributed by atoms with E-state index in [1.165, 1.54) is 0 Å². The Bertz CT molecular complexity index is 244. The third-order valence-electron chi connectivity index (χ3n) is 2.10. The van der Waals surface area contributed by atoms with Gasteiger partial charge in [-0.25, -0.2) is 4.79 Å². The number of Topliss-reactive ketones (excluding diaryl/α,β-unsaturated/α-hetero) is 2. The number of carbonyl (C=O) groups is 3. The summed E-state index contributed by atoms with van der Waals surface area (Å²) >= 11 is 0. The molecule has 4 nitrogen and oxygen atoms in total. The number of ketones is 2. The van der Waals surface area contributed by atoms with E-state index in [9.17, 15) is 14.4 Å². The van der Waals surface area contributed by atoms with Gasteiger partial charge in [0.1, 0.15) is 5.78 Å². The summed E-state index contributed by atoms with van der Waals surface area (Å²) in [6.07, 6.45) is 1.61. The van der Waals surface area contributed by atoms with Gasteiger partial charge in [0.05, 0.1) is 12.5 Å². The summed E-state index contributed by atoms with van der Waals surface area (Å²) in [6, 6.07) is 0. The number of hydrogen-bond acceptors (Lipinski definition) is 4. The molecule has 13 heavy (non-hydrogen) atoms. The average Bonchev–Trinajstić information content (AvgIpc) is 2.50. The Morgan fingerprint density at radius 2 is 2.23 bits per heavy atom. The topological polar surface area (TPSA) is 60.4 Å². The zero-order valence-electron chi connectivity index (χ0n) is 7.54. The molecule has 1 fully saturated rings. The van der Waals surface area contributed by atoms with Crippen LogP contribution in [0.4, 0.5) is 0 Å². The van der Waals surface area contributed by atoms with Crippen LogP contribution in [0.5, 0.6) is 0 Å². The van der Waals surface area contributed by atoms with Crippen LogP contribution in [-0.2, 0) is 19.1 Å². The highest BCUT2D eigenvalue weighted by Crippen LogP contribution is 2.22. The normalized spacial score (nSPS) is 21.6. The Morgan fingerprint density at radius 1 is 1.54 bits per heavy atom. The molecule has 0 unspecified atom stereocenters. The summed E-state index contributed by atoms with van der Waals surface area (Å²) in [5.41, 5.74) is 0. The minimum atomic E-state index is -0.872. The molecule has 0 amide bonds. The van der Waals surface area contributed by atoms with Crippen molar-refractivity contribution in [2.45, 2.75) is 26.2 Å². The van der Waals surface area contributed by atoms with E-state index in [-0.39, 0.29) is 12.4 Å². The molecule has 0 N–H and O–H groups in total. The van der Waals surface area contributed by atoms with Gasteiger partial charge in [-0.2, -0.15) is 0 Å². The van der Waals surface area contributed by atoms with Crippen LogP contribution in [0.1, 0.15) is 26.2 Å². The van der Waals surface area contributed by atoms with Crippen LogP contribution < -0.4 is 0 Å². The molecule has 0 aliphatic heterocycles. The van der Waals surface area contributed by atoms with Crippen molar-refractivity contribution >= 4 is 17.5 Å². The lowest BCUT2D eigenvalue weighted by Gasteiger charge is -2.04. The fourth-order valence-corrected chi connectivity index (χ4v) is 1.44. The highest BCUT2D eigenvalue weighted by atomic mass is 16.5. The first-order valence-corrected chi connectivity index (χ1v) is 4.40. The van der Waals surface area contributed by atoms with E-state index in [2.05, 4.69) is 4.74 Å². The van der Waals surface area contributed by atoms with Crippen molar-refractivity contribution in [2.24, 2.45) is 5.92 Å². The quantitative estimate of drug-likeness (QED) is 0.364. The third kappa shape index (κ3) is 2.14. The molecule has 0 bridgehead atoms. The first-order valence-electron chi connectivity index (χ1n) is 4.40. The second kappa shape index (κ2) is 4.16. The lowest BCUT2D eigenvalue weighted by atomic mass is 10.0. The van der Waals surface area contributed by atoms with Crippen LogP contribution >= 0.6 is 0 Å². The van der Waals surface area contributed by atoms with E-state index in [0.29, 0.717) is 19.3 Å². The molecular weight excluding hydrogens is 172 g/mol. The van der Waals surface area contributed by atoms with Crippen LogP contribution in [0.3, 0.4) is 0 Å². The van der Waals surface area contributed by atoms with E-state index in [1.807, 2.05) is 0 Å². The maximum absolute atomic E-state index is 11.3. The van der Waals surface area contributed by atoms with Crippen molar-refractivity contribution in [1.82, 2.24) is 0 Å². The Balaban J connectivity index is 2.56. The molecule has 1 aliphatic carbocycles. The van der Waals surface area contributed by atoms with E-state index >= 15 is 0 Å². The van der Waals surface area contributed by atoms with Crippen LogP contribution in [-0.4, -0.2) is 24.1 Å². The maximum Gasteiger partial charge on any atom is 0.375 e. The molecule has 1 rings (SSSR count). The first kappa shape index (κ1) is 9.89. The van der Waals surface area contributed by atoms with Gasteiger partial charge in [0.25, 0.3) is 0 Å². The molecule has 1 aliphatic rings. The smallest absolute Gasteiger partial charge is 0.375 e. The highest BCUT2D eigenvalue weighted by Gasteiger charge is 2.35. The molecule has 0 aromatic carbocycles. The molecule has 1 saturated carbocycles. The molecule has 0 spiro atoms. The molecule has 1 atom stereocenters. The summed E-state index contributed by atoms with van der Waals surface area (Å²) in [7, 11) is 0. The first-order chi connectivity index (χ1) is 6.16. The van der Waals surface area contributed by atoms with Gasteiger partial charge in [-0.1, -0.05) is 0 Å². The second-order valence-electron chi connectivity index (χ2n) is 3.00. The number of ether oxygens (including phenoxy) is 1. The van der Waals surface area contributed by atoms with Gasteiger partial charge in [0.15, 0.2) is 0 Å². The van der Waals surface area contributed by atoms with E-state index in [1.54, 1.807) is 6.92 Å². The van der Waals surface area contributed by atoms with E-state index in [4.69, 9.17) is 0 Å². The largest absolute Gasteiger partial charge is 0.460 e. The third-order valence-corrected chi connectivity index (χ3v) is 2.10. The van der Waals surface area contributed by atoms with Gasteiger partial charge < -0.3 is 4.74 Å². The predicted octanol–water partition coefficient (Wildman–Crippen LogP) is 0.488. The van der Waals surface area contributed by atoms with Gasteiger partial charge in [0, 0.05) is 6.42 Å². The summed E-state index contributed by atoms with van der Waals surface area (Å²) in [4.78, 5) is 33.3. The summed E-state index contributed by atoms with van der Waals surface area (Å²) in [5.74, 6) is -2.40. The zero-order valence-corrected chi connectivity index (χ0v) is 7.54. The van der Waals surface area contributed by atoms with Gasteiger partial charge >= 0.3 is 5.97 Å². The number of carbonyl (C=O) groups excluding carboxylic acids is 3. The van der Waals surface area contributed by atoms with Gasteiger partial charge in [-0.3, -0.25) is 9.59 Å². The fraction of sp³-hybridized carbons (Fsp3) is 0.667. The summed E-state index contributed by atoms with van der Waals surface area (Å²) < 4.78 is 4.52. The number of hydrogen-bond donors (Lipinski definition) is 0. The van der Waals surface area contributed by atoms with Crippen LogP contribution in [0.2, 0.25) is 0 Å². The van der Waals surface area contributed by atoms with Crippen molar-refractivity contribution in [3.63, 3.8) is 0 Å². The van der Waals surface area contributed by atoms with Gasteiger partial charge in [0.2, 0.25) is 5.78 Å². The van der Waals surface area contributed by atoms with Crippen molar-refractivity contribution in [3.05, 3.63) is 0 Å². The molecule has 0 radical (unpaired) electrons. The lowest BCUT2D eigenvalue weighted by molar-refractivity contribution is -0.156. The fourth-order valence-electron chi connectivity index (χ4n) is 1.44. The van der Waals surface area contributed by atoms with Gasteiger partial charge in [-0.15, -0.1) is 0 Å². The van der Waals surface area contributed by atoms with Crippen molar-refractivity contribution in [1.29, 1.82) is 0 Å². The summed E-state index contributed by atoms with van der Waals surface area (Å²) in [6.45, 7) is 1.80. The minimum Gasteiger partial charge on any atom is -0.460 e. The molecular formula is C9H12O4. The Hall–Kier alpha value is -1.19. The summed E-state index contributed by atoms with van der Waals surface area (Å²) in [5, 5.41) is 0. The molecule has 0 aromatic rings. The second-order valence-corrected chi connectivity index (χ2v) is 3.00. The highest BCUT2D eigenvalue weighted by molar-refractivity contribution is 6.38. The number of esters is 1. The van der Waals surface area contributed by atoms with Crippen LogP contribution in [0.15, 0.2) is 0 Å². The maximum atomic E-state index is 11.3. The standard InChI is InChI=1S/C9H12O4/c1-2-13-9(12)8(11)6-4-3-5-7(6)10/h6H,2-5H2,1H3/t6-/m1/s1. The van der Waals surface area contributed by atoms with Crippen molar-refractivity contribution in [2.75, 3.05) is 6.61 Å². The monoisotopic (exact) mass is 184 g/mol. The SMILES string of the molecule is CCOC(=O)C(=O)[C@@H]1CCCC1=O.